The molecule has 10 heteroatoms. The summed E-state index contributed by atoms with van der Waals surface area (Å²) in [5.74, 6) is 2.91. The molecule has 170 valence electrons. The maximum Gasteiger partial charge on any atom is 0.288 e. The average Bonchev–Trinajstić information content (AvgIpc) is 3.43. The Kier molecular flexibility index (Phi) is 5.95. The number of thioether (sulfide) groups is 1. The molecule has 0 atom stereocenters. The molecular weight excluding hydrogens is 476 g/mol. The number of halogens is 1. The van der Waals surface area contributed by atoms with Crippen molar-refractivity contribution in [2.45, 2.75) is 11.5 Å². The van der Waals surface area contributed by atoms with Gasteiger partial charge in [0, 0.05) is 28.7 Å². The van der Waals surface area contributed by atoms with E-state index in [1.807, 2.05) is 54.6 Å². The van der Waals surface area contributed by atoms with Gasteiger partial charge in [-0.05, 0) is 48.5 Å². The van der Waals surface area contributed by atoms with Crippen molar-refractivity contribution < 1.29 is 14.5 Å². The van der Waals surface area contributed by atoms with Crippen molar-refractivity contribution in [1.29, 1.82) is 0 Å². The summed E-state index contributed by atoms with van der Waals surface area (Å²) < 4.78 is 7.53. The summed E-state index contributed by atoms with van der Waals surface area (Å²) in [4.78, 5) is 23.6. The van der Waals surface area contributed by atoms with E-state index < -0.39 is 10.8 Å². The Labute approximate surface area is 203 Å². The number of hydrogen-bond donors (Lipinski definition) is 1. The van der Waals surface area contributed by atoms with Gasteiger partial charge >= 0.3 is 0 Å². The molecular formula is C24H17ClN4O4S. The van der Waals surface area contributed by atoms with Gasteiger partial charge in [0.25, 0.3) is 11.6 Å². The lowest BCUT2D eigenvalue weighted by atomic mass is 10.2. The second kappa shape index (κ2) is 9.20. The van der Waals surface area contributed by atoms with Crippen molar-refractivity contribution in [2.75, 3.05) is 5.32 Å². The lowest BCUT2D eigenvalue weighted by Gasteiger charge is -2.12. The topological polar surface area (TPSA) is 99.3 Å². The zero-order valence-electron chi connectivity index (χ0n) is 17.6. The van der Waals surface area contributed by atoms with E-state index in [2.05, 4.69) is 5.32 Å². The number of nitro benzene ring substituents is 1. The molecule has 3 aromatic carbocycles. The Morgan fingerprint density at radius 2 is 1.79 bits per heavy atom. The largest absolute Gasteiger partial charge is 0.457 e. The number of nitrogens with one attached hydrogen (secondary N) is 1. The third kappa shape index (κ3) is 4.35. The molecule has 8 nitrogen and oxygen atoms in total. The van der Waals surface area contributed by atoms with Crippen LogP contribution in [-0.4, -0.2) is 20.6 Å². The number of carbonyl (C=O) groups is 1. The standard InChI is InChI=1S/C24H17ClN4O4S/c25-20-11-6-15(12-22(20)29(31)32)24(30)26-23-19-13-34-14-21(19)27-28(23)16-7-9-18(10-8-16)33-17-4-2-1-3-5-17/h1-12H,13-14H2,(H,26,30). The third-order valence-corrected chi connectivity index (χ3v) is 6.54. The van der Waals surface area contributed by atoms with Crippen molar-refractivity contribution >= 4 is 40.8 Å². The van der Waals surface area contributed by atoms with Gasteiger partial charge in [0.05, 0.1) is 16.3 Å². The molecule has 1 aliphatic rings. The highest BCUT2D eigenvalue weighted by molar-refractivity contribution is 7.98. The predicted molar refractivity (Wildman–Crippen MR) is 131 cm³/mol. The number of hydrogen-bond acceptors (Lipinski definition) is 6. The number of anilines is 1. The average molecular weight is 493 g/mol. The van der Waals surface area contributed by atoms with E-state index in [4.69, 9.17) is 21.4 Å². The number of rotatable bonds is 6. The van der Waals surface area contributed by atoms with E-state index in [0.29, 0.717) is 17.3 Å². The molecule has 1 aliphatic heterocycles. The maximum absolute atomic E-state index is 13.0. The second-order valence-corrected chi connectivity index (χ2v) is 8.86. The molecule has 0 saturated carbocycles. The Balaban J connectivity index is 1.44. The summed E-state index contributed by atoms with van der Waals surface area (Å²) in [5.41, 5.74) is 2.39. The summed E-state index contributed by atoms with van der Waals surface area (Å²) in [7, 11) is 0. The van der Waals surface area contributed by atoms with E-state index in [-0.39, 0.29) is 16.3 Å². The predicted octanol–water partition coefficient (Wildman–Crippen LogP) is 6.23. The van der Waals surface area contributed by atoms with Crippen molar-refractivity contribution in [1.82, 2.24) is 9.78 Å². The van der Waals surface area contributed by atoms with Crippen molar-refractivity contribution in [2.24, 2.45) is 0 Å². The van der Waals surface area contributed by atoms with Crippen LogP contribution in [0.3, 0.4) is 0 Å². The molecule has 0 radical (unpaired) electrons. The van der Waals surface area contributed by atoms with Crippen LogP contribution < -0.4 is 10.1 Å². The maximum atomic E-state index is 13.0. The smallest absolute Gasteiger partial charge is 0.288 e. The number of para-hydroxylation sites is 1. The van der Waals surface area contributed by atoms with Crippen LogP contribution in [-0.2, 0) is 11.5 Å². The van der Waals surface area contributed by atoms with Crippen LogP contribution in [0.1, 0.15) is 21.6 Å². The molecule has 0 bridgehead atoms. The monoisotopic (exact) mass is 492 g/mol. The van der Waals surface area contributed by atoms with Gasteiger partial charge in [-0.2, -0.15) is 16.9 Å². The van der Waals surface area contributed by atoms with Crippen LogP contribution in [0.15, 0.2) is 72.8 Å². The molecule has 0 spiro atoms. The van der Waals surface area contributed by atoms with Crippen LogP contribution >= 0.6 is 23.4 Å². The van der Waals surface area contributed by atoms with E-state index >= 15 is 0 Å². The molecule has 1 aromatic heterocycles. The van der Waals surface area contributed by atoms with Gasteiger partial charge in [-0.3, -0.25) is 14.9 Å². The first kappa shape index (κ1) is 22.0. The zero-order chi connectivity index (χ0) is 23.7. The first-order valence-corrected chi connectivity index (χ1v) is 11.8. The Bertz CT molecular complexity index is 1390. The van der Waals surface area contributed by atoms with Gasteiger partial charge < -0.3 is 10.1 Å². The number of ether oxygens (including phenoxy) is 1. The number of amides is 1. The minimum atomic E-state index is -0.614. The quantitative estimate of drug-likeness (QED) is 0.253. The molecule has 0 saturated heterocycles. The highest BCUT2D eigenvalue weighted by atomic mass is 35.5. The van der Waals surface area contributed by atoms with Crippen molar-refractivity contribution in [3.8, 4) is 17.2 Å². The lowest BCUT2D eigenvalue weighted by Crippen LogP contribution is -2.16. The molecule has 1 amide bonds. The SMILES string of the molecule is O=C(Nc1c2c(nn1-c1ccc(Oc3ccccc3)cc1)CSC2)c1ccc(Cl)c([N+](=O)[O-])c1. The van der Waals surface area contributed by atoms with Crippen molar-refractivity contribution in [3.63, 3.8) is 0 Å². The minimum Gasteiger partial charge on any atom is -0.457 e. The van der Waals surface area contributed by atoms with Crippen molar-refractivity contribution in [3.05, 3.63) is 105 Å². The Morgan fingerprint density at radius 1 is 1.06 bits per heavy atom. The summed E-state index contributed by atoms with van der Waals surface area (Å²) >= 11 is 7.59. The first-order valence-electron chi connectivity index (χ1n) is 10.3. The fraction of sp³-hybridized carbons (Fsp3) is 0.0833. The molecule has 34 heavy (non-hydrogen) atoms. The van der Waals surface area contributed by atoms with Crippen LogP contribution in [0.25, 0.3) is 5.69 Å². The van der Waals surface area contributed by atoms with Crippen LogP contribution in [0.4, 0.5) is 11.5 Å². The second-order valence-electron chi connectivity index (χ2n) is 7.46. The molecule has 0 unspecified atom stereocenters. The van der Waals surface area contributed by atoms with E-state index in [1.165, 1.54) is 18.2 Å². The van der Waals surface area contributed by atoms with Gasteiger partial charge in [-0.15, -0.1) is 0 Å². The first-order chi connectivity index (χ1) is 16.5. The highest BCUT2D eigenvalue weighted by Crippen LogP contribution is 2.37. The van der Waals surface area contributed by atoms with Crippen LogP contribution in [0, 0.1) is 10.1 Å². The van der Waals surface area contributed by atoms with Gasteiger partial charge in [-0.1, -0.05) is 29.8 Å². The number of nitrogens with zero attached hydrogens (tertiary/aromatic N) is 3. The van der Waals surface area contributed by atoms with Gasteiger partial charge in [0.1, 0.15) is 22.3 Å². The number of carbonyl (C=O) groups excluding carboxylic acids is 1. The zero-order valence-corrected chi connectivity index (χ0v) is 19.2. The molecule has 5 rings (SSSR count). The summed E-state index contributed by atoms with van der Waals surface area (Å²) in [6, 6.07) is 20.8. The molecule has 4 aromatic rings. The number of benzene rings is 3. The molecule has 2 heterocycles. The van der Waals surface area contributed by atoms with Gasteiger partial charge in [0.15, 0.2) is 0 Å². The third-order valence-electron chi connectivity index (χ3n) is 5.25. The van der Waals surface area contributed by atoms with Crippen LogP contribution in [0.2, 0.25) is 5.02 Å². The van der Waals surface area contributed by atoms with Gasteiger partial charge in [-0.25, -0.2) is 4.68 Å². The molecule has 1 N–H and O–H groups in total. The highest BCUT2D eigenvalue weighted by Gasteiger charge is 2.26. The summed E-state index contributed by atoms with van der Waals surface area (Å²) in [6.45, 7) is 0. The lowest BCUT2D eigenvalue weighted by molar-refractivity contribution is -0.384. The fourth-order valence-corrected chi connectivity index (χ4v) is 4.80. The van der Waals surface area contributed by atoms with E-state index in [9.17, 15) is 14.9 Å². The Hall–Kier alpha value is -3.82. The Morgan fingerprint density at radius 3 is 2.53 bits per heavy atom. The normalized spacial score (nSPS) is 12.3. The minimum absolute atomic E-state index is 0.0262. The van der Waals surface area contributed by atoms with E-state index in [1.54, 1.807) is 16.4 Å². The summed E-state index contributed by atoms with van der Waals surface area (Å²) in [6.07, 6.45) is 0. The molecule has 0 fully saturated rings. The number of fused-ring (bicyclic) bond motifs is 1. The number of nitro groups is 1. The van der Waals surface area contributed by atoms with Crippen LogP contribution in [0.5, 0.6) is 11.5 Å². The van der Waals surface area contributed by atoms with E-state index in [0.717, 1.165) is 28.4 Å². The fourth-order valence-electron chi connectivity index (χ4n) is 3.58. The van der Waals surface area contributed by atoms with Gasteiger partial charge in [0.2, 0.25) is 0 Å². The summed E-state index contributed by atoms with van der Waals surface area (Å²) in [5, 5.41) is 18.8. The molecule has 0 aliphatic carbocycles. The number of aromatic nitrogens is 2.